The van der Waals surface area contributed by atoms with Gasteiger partial charge in [0.2, 0.25) is 0 Å². The van der Waals surface area contributed by atoms with Crippen LogP contribution in [0.3, 0.4) is 0 Å². The van der Waals surface area contributed by atoms with Crippen LogP contribution in [0.5, 0.6) is 0 Å². The summed E-state index contributed by atoms with van der Waals surface area (Å²) >= 11 is 5.99. The van der Waals surface area contributed by atoms with Crippen molar-refractivity contribution in [3.63, 3.8) is 0 Å². The first kappa shape index (κ1) is 13.4. The number of hydrogen-bond acceptors (Lipinski definition) is 3. The van der Waals surface area contributed by atoms with Gasteiger partial charge in [0.05, 0.1) is 23.3 Å². The Morgan fingerprint density at radius 3 is 2.78 bits per heavy atom. The molecule has 0 saturated carbocycles. The molecule has 0 atom stereocenters. The van der Waals surface area contributed by atoms with Gasteiger partial charge in [0.15, 0.2) is 0 Å². The predicted molar refractivity (Wildman–Crippen MR) is 71.5 cm³/mol. The summed E-state index contributed by atoms with van der Waals surface area (Å²) < 4.78 is 5.88. The fourth-order valence-electron chi connectivity index (χ4n) is 2.10. The Morgan fingerprint density at radius 1 is 1.44 bits per heavy atom. The van der Waals surface area contributed by atoms with Crippen molar-refractivity contribution in [2.24, 2.45) is 0 Å². The number of ether oxygens (including phenoxy) is 1. The molecule has 1 fully saturated rings. The summed E-state index contributed by atoms with van der Waals surface area (Å²) in [6.45, 7) is 2.76. The molecule has 18 heavy (non-hydrogen) atoms. The smallest absolute Gasteiger partial charge is 0.101 e. The van der Waals surface area contributed by atoms with Gasteiger partial charge in [-0.15, -0.1) is 0 Å². The molecule has 2 rings (SSSR count). The Balaban J connectivity index is 1.87. The van der Waals surface area contributed by atoms with Crippen LogP contribution in [0.15, 0.2) is 18.2 Å². The van der Waals surface area contributed by atoms with E-state index in [-0.39, 0.29) is 0 Å². The van der Waals surface area contributed by atoms with Crippen molar-refractivity contribution in [2.45, 2.75) is 25.6 Å². The molecule has 0 radical (unpaired) electrons. The quantitative estimate of drug-likeness (QED) is 0.842. The monoisotopic (exact) mass is 264 g/mol. The zero-order valence-corrected chi connectivity index (χ0v) is 11.3. The molecule has 1 aromatic rings. The third-order valence-electron chi connectivity index (χ3n) is 3.31. The van der Waals surface area contributed by atoms with Crippen LogP contribution in [0.25, 0.3) is 0 Å². The van der Waals surface area contributed by atoms with Gasteiger partial charge in [-0.05, 0) is 37.6 Å². The molecule has 1 aliphatic heterocycles. The Morgan fingerprint density at radius 2 is 2.17 bits per heavy atom. The lowest BCUT2D eigenvalue weighted by molar-refractivity contribution is 0.00214. The molecule has 0 spiro atoms. The summed E-state index contributed by atoms with van der Waals surface area (Å²) in [7, 11) is 2.14. The van der Waals surface area contributed by atoms with Gasteiger partial charge in [-0.1, -0.05) is 17.7 Å². The van der Waals surface area contributed by atoms with E-state index in [9.17, 15) is 0 Å². The highest BCUT2D eigenvalue weighted by Gasteiger charge is 2.16. The minimum atomic E-state index is 0.343. The zero-order chi connectivity index (χ0) is 13.0. The van der Waals surface area contributed by atoms with Crippen LogP contribution in [-0.2, 0) is 11.3 Å². The van der Waals surface area contributed by atoms with Crippen molar-refractivity contribution in [3.05, 3.63) is 34.3 Å². The number of piperidine rings is 1. The third kappa shape index (κ3) is 3.46. The van der Waals surface area contributed by atoms with Crippen molar-refractivity contribution in [1.29, 1.82) is 5.26 Å². The third-order valence-corrected chi connectivity index (χ3v) is 3.62. The fourth-order valence-corrected chi connectivity index (χ4v) is 2.35. The molecule has 0 amide bonds. The Bertz CT molecular complexity index is 448. The van der Waals surface area contributed by atoms with E-state index in [1.54, 1.807) is 6.07 Å². The molecule has 0 aromatic heterocycles. The van der Waals surface area contributed by atoms with Crippen LogP contribution in [0.4, 0.5) is 0 Å². The maximum atomic E-state index is 8.80. The minimum Gasteiger partial charge on any atom is -0.373 e. The van der Waals surface area contributed by atoms with Crippen molar-refractivity contribution < 1.29 is 4.74 Å². The molecule has 0 bridgehead atoms. The van der Waals surface area contributed by atoms with Crippen LogP contribution in [0.1, 0.15) is 24.0 Å². The van der Waals surface area contributed by atoms with Crippen LogP contribution in [0, 0.1) is 11.3 Å². The van der Waals surface area contributed by atoms with E-state index in [1.165, 1.54) is 0 Å². The van der Waals surface area contributed by atoms with E-state index >= 15 is 0 Å². The molecular weight excluding hydrogens is 248 g/mol. The average molecular weight is 265 g/mol. The number of nitrogens with zero attached hydrogens (tertiary/aromatic N) is 2. The molecule has 0 aliphatic carbocycles. The molecule has 1 aromatic carbocycles. The van der Waals surface area contributed by atoms with Crippen molar-refractivity contribution >= 4 is 11.6 Å². The second-order valence-electron chi connectivity index (χ2n) is 4.74. The van der Waals surface area contributed by atoms with Gasteiger partial charge < -0.3 is 9.64 Å². The Labute approximate surface area is 113 Å². The van der Waals surface area contributed by atoms with Gasteiger partial charge in [0, 0.05) is 13.1 Å². The van der Waals surface area contributed by atoms with Gasteiger partial charge in [-0.3, -0.25) is 0 Å². The van der Waals surface area contributed by atoms with Gasteiger partial charge >= 0.3 is 0 Å². The van der Waals surface area contributed by atoms with Crippen LogP contribution in [-0.4, -0.2) is 31.1 Å². The lowest BCUT2D eigenvalue weighted by Crippen LogP contribution is -2.34. The van der Waals surface area contributed by atoms with Gasteiger partial charge in [0.1, 0.15) is 6.07 Å². The number of likely N-dealkylation sites (tertiary alicyclic amines) is 1. The second-order valence-corrected chi connectivity index (χ2v) is 5.15. The first-order chi connectivity index (χ1) is 8.69. The number of halogens is 1. The van der Waals surface area contributed by atoms with Crippen molar-refractivity contribution in [2.75, 3.05) is 20.1 Å². The Hall–Kier alpha value is -1.08. The normalized spacial score (nSPS) is 17.6. The summed E-state index contributed by atoms with van der Waals surface area (Å²) in [4.78, 5) is 2.32. The van der Waals surface area contributed by atoms with Gasteiger partial charge in [0.25, 0.3) is 0 Å². The van der Waals surface area contributed by atoms with E-state index in [1.807, 2.05) is 12.1 Å². The number of hydrogen-bond donors (Lipinski definition) is 0. The molecule has 0 unspecified atom stereocenters. The first-order valence-corrected chi connectivity index (χ1v) is 6.55. The highest BCUT2D eigenvalue weighted by Crippen LogP contribution is 2.19. The summed E-state index contributed by atoms with van der Waals surface area (Å²) in [5.41, 5.74) is 1.54. The number of rotatable bonds is 3. The predicted octanol–water partition coefficient (Wildman–Crippen LogP) is 2.82. The lowest BCUT2D eigenvalue weighted by Gasteiger charge is -2.28. The van der Waals surface area contributed by atoms with Gasteiger partial charge in [-0.25, -0.2) is 0 Å². The van der Waals surface area contributed by atoms with Crippen LogP contribution < -0.4 is 0 Å². The molecule has 1 aliphatic rings. The maximum absolute atomic E-state index is 8.80. The lowest BCUT2D eigenvalue weighted by atomic mass is 10.1. The van der Waals surface area contributed by atoms with E-state index in [0.29, 0.717) is 23.3 Å². The molecule has 0 N–H and O–H groups in total. The number of benzene rings is 1. The van der Waals surface area contributed by atoms with E-state index in [4.69, 9.17) is 21.6 Å². The van der Waals surface area contributed by atoms with Crippen LogP contribution >= 0.6 is 11.6 Å². The largest absolute Gasteiger partial charge is 0.373 e. The van der Waals surface area contributed by atoms with Crippen molar-refractivity contribution in [1.82, 2.24) is 4.90 Å². The highest BCUT2D eigenvalue weighted by molar-refractivity contribution is 6.31. The summed E-state index contributed by atoms with van der Waals surface area (Å²) in [5.74, 6) is 0. The van der Waals surface area contributed by atoms with Gasteiger partial charge in [-0.2, -0.15) is 5.26 Å². The molecule has 1 heterocycles. The van der Waals surface area contributed by atoms with E-state index < -0.39 is 0 Å². The van der Waals surface area contributed by atoms with E-state index in [0.717, 1.165) is 31.5 Å². The summed E-state index contributed by atoms with van der Waals surface area (Å²) in [5, 5.41) is 9.30. The minimum absolute atomic E-state index is 0.343. The zero-order valence-electron chi connectivity index (χ0n) is 10.5. The molecule has 4 heteroatoms. The topological polar surface area (TPSA) is 36.3 Å². The molecular formula is C14H17ClN2O. The van der Waals surface area contributed by atoms with Crippen molar-refractivity contribution in [3.8, 4) is 6.07 Å². The number of nitriles is 1. The fraction of sp³-hybridized carbons (Fsp3) is 0.500. The van der Waals surface area contributed by atoms with E-state index in [2.05, 4.69) is 18.0 Å². The maximum Gasteiger partial charge on any atom is 0.101 e. The first-order valence-electron chi connectivity index (χ1n) is 6.17. The summed E-state index contributed by atoms with van der Waals surface area (Å²) in [6.07, 6.45) is 2.51. The average Bonchev–Trinajstić information content (AvgIpc) is 2.38. The molecule has 3 nitrogen and oxygen atoms in total. The second kappa shape index (κ2) is 6.19. The highest BCUT2D eigenvalue weighted by atomic mass is 35.5. The SMILES string of the molecule is CN1CCC(OCc2ccc(C#N)c(Cl)c2)CC1. The molecule has 96 valence electrons. The Kier molecular flexibility index (Phi) is 4.60. The molecule has 1 saturated heterocycles. The standard InChI is InChI=1S/C14H17ClN2O/c1-17-6-4-13(5-7-17)18-10-11-2-3-12(9-16)14(15)8-11/h2-3,8,13H,4-7,10H2,1H3. The van der Waals surface area contributed by atoms with Crippen LogP contribution in [0.2, 0.25) is 5.02 Å². The summed E-state index contributed by atoms with van der Waals surface area (Å²) in [6, 6.07) is 7.52.